The maximum absolute atomic E-state index is 12.8. The Morgan fingerprint density at radius 3 is 2.61 bits per heavy atom. The van der Waals surface area contributed by atoms with Gasteiger partial charge in [-0.05, 0) is 36.5 Å². The van der Waals surface area contributed by atoms with Crippen LogP contribution in [-0.4, -0.2) is 34.1 Å². The van der Waals surface area contributed by atoms with Gasteiger partial charge in [-0.15, -0.1) is 0 Å². The maximum atomic E-state index is 12.8. The van der Waals surface area contributed by atoms with E-state index in [4.69, 9.17) is 0 Å². The summed E-state index contributed by atoms with van der Waals surface area (Å²) in [5.74, 6) is 1.33. The molecule has 2 atom stereocenters. The highest BCUT2D eigenvalue weighted by Gasteiger charge is 2.35. The Morgan fingerprint density at radius 1 is 1.18 bits per heavy atom. The Hall–Kier alpha value is -2.15. The zero-order valence-electron chi connectivity index (χ0n) is 16.0. The van der Waals surface area contributed by atoms with Crippen molar-refractivity contribution in [3.8, 4) is 11.3 Å². The minimum Gasteiger partial charge on any atom is -0.312 e. The molecule has 2 aromatic heterocycles. The van der Waals surface area contributed by atoms with E-state index < -0.39 is 11.7 Å². The van der Waals surface area contributed by atoms with Crippen molar-refractivity contribution in [2.75, 3.05) is 19.6 Å². The molecule has 0 N–H and O–H groups in total. The van der Waals surface area contributed by atoms with E-state index in [0.717, 1.165) is 44.0 Å². The molecule has 28 heavy (non-hydrogen) atoms. The molecule has 0 aromatic carbocycles. The van der Waals surface area contributed by atoms with Crippen LogP contribution in [0.25, 0.3) is 11.3 Å². The van der Waals surface area contributed by atoms with Crippen LogP contribution in [0.2, 0.25) is 0 Å². The highest BCUT2D eigenvalue weighted by atomic mass is 19.4. The van der Waals surface area contributed by atoms with Crippen molar-refractivity contribution in [3.63, 3.8) is 0 Å². The monoisotopic (exact) mass is 391 g/mol. The number of rotatable bonds is 3. The van der Waals surface area contributed by atoms with Gasteiger partial charge >= 0.3 is 6.18 Å². The molecule has 2 aliphatic rings. The van der Waals surface area contributed by atoms with Crippen molar-refractivity contribution < 1.29 is 13.2 Å². The lowest BCUT2D eigenvalue weighted by atomic mass is 9.82. The van der Waals surface area contributed by atoms with Gasteiger partial charge in [0.2, 0.25) is 0 Å². The van der Waals surface area contributed by atoms with Crippen molar-refractivity contribution >= 4 is 0 Å². The highest BCUT2D eigenvalue weighted by molar-refractivity contribution is 5.59. The van der Waals surface area contributed by atoms with Gasteiger partial charge in [0.15, 0.2) is 0 Å². The van der Waals surface area contributed by atoms with Crippen LogP contribution in [0.15, 0.2) is 35.3 Å². The van der Waals surface area contributed by atoms with Crippen LogP contribution in [-0.2, 0) is 12.7 Å². The van der Waals surface area contributed by atoms with Gasteiger partial charge in [0, 0.05) is 55.6 Å². The molecule has 0 unspecified atom stereocenters. The summed E-state index contributed by atoms with van der Waals surface area (Å²) in [5, 5.41) is 0. The maximum Gasteiger partial charge on any atom is 0.417 e. The number of pyridine rings is 2. The predicted octanol–water partition coefficient (Wildman–Crippen LogP) is 4.00. The SMILES string of the molecule is CC(C)CN1C[C@@H]2C[C@H](C1)c1cc(-c3ccc(C(F)(F)F)cn3)cc(=O)n1C2. The first kappa shape index (κ1) is 19.2. The van der Waals surface area contributed by atoms with E-state index in [1.165, 1.54) is 12.1 Å². The highest BCUT2D eigenvalue weighted by Crippen LogP contribution is 2.37. The topological polar surface area (TPSA) is 38.1 Å². The van der Waals surface area contributed by atoms with Crippen molar-refractivity contribution in [2.24, 2.45) is 11.8 Å². The zero-order chi connectivity index (χ0) is 20.1. The van der Waals surface area contributed by atoms with E-state index in [2.05, 4.69) is 23.7 Å². The molecule has 4 rings (SSSR count). The molecule has 0 aliphatic carbocycles. The normalized spacial score (nSPS) is 22.4. The fourth-order valence-electron chi connectivity index (χ4n) is 4.60. The average molecular weight is 391 g/mol. The van der Waals surface area contributed by atoms with E-state index in [-0.39, 0.29) is 11.5 Å². The molecule has 2 bridgehead atoms. The summed E-state index contributed by atoms with van der Waals surface area (Å²) in [6.07, 6.45) is -2.54. The van der Waals surface area contributed by atoms with E-state index in [9.17, 15) is 18.0 Å². The molecule has 150 valence electrons. The second-order valence-electron chi connectivity index (χ2n) is 8.46. The molecule has 2 aromatic rings. The molecule has 4 nitrogen and oxygen atoms in total. The van der Waals surface area contributed by atoms with E-state index in [1.807, 2.05) is 10.6 Å². The lowest BCUT2D eigenvalue weighted by Crippen LogP contribution is -2.48. The van der Waals surface area contributed by atoms with Gasteiger partial charge in [-0.2, -0.15) is 13.2 Å². The molecule has 0 saturated carbocycles. The number of nitrogens with zero attached hydrogens (tertiary/aromatic N) is 3. The third-order valence-corrected chi connectivity index (χ3v) is 5.64. The van der Waals surface area contributed by atoms with Crippen molar-refractivity contribution in [1.82, 2.24) is 14.5 Å². The molecule has 1 saturated heterocycles. The van der Waals surface area contributed by atoms with Crippen LogP contribution >= 0.6 is 0 Å². The average Bonchev–Trinajstić information content (AvgIpc) is 2.61. The third-order valence-electron chi connectivity index (χ3n) is 5.64. The van der Waals surface area contributed by atoms with Crippen LogP contribution in [0.4, 0.5) is 13.2 Å². The molecule has 7 heteroatoms. The number of fused-ring (bicyclic) bond motifs is 4. The van der Waals surface area contributed by atoms with Gasteiger partial charge in [-0.25, -0.2) is 0 Å². The van der Waals surface area contributed by atoms with Crippen molar-refractivity contribution in [2.45, 2.75) is 38.9 Å². The summed E-state index contributed by atoms with van der Waals surface area (Å²) in [6, 6.07) is 5.79. The Bertz CT molecular complexity index is 918. The number of hydrogen-bond donors (Lipinski definition) is 0. The van der Waals surface area contributed by atoms with E-state index in [0.29, 0.717) is 29.6 Å². The van der Waals surface area contributed by atoms with Crippen LogP contribution < -0.4 is 5.56 Å². The number of halogens is 3. The first-order valence-electron chi connectivity index (χ1n) is 9.71. The number of aromatic nitrogens is 2. The number of likely N-dealkylation sites (tertiary alicyclic amines) is 1. The fraction of sp³-hybridized carbons (Fsp3) is 0.524. The minimum absolute atomic E-state index is 0.0961. The molecular weight excluding hydrogens is 367 g/mol. The van der Waals surface area contributed by atoms with Gasteiger partial charge in [0.1, 0.15) is 0 Å². The lowest BCUT2D eigenvalue weighted by molar-refractivity contribution is -0.137. The Balaban J connectivity index is 1.67. The Kier molecular flexibility index (Phi) is 4.81. The number of alkyl halides is 3. The van der Waals surface area contributed by atoms with Crippen molar-refractivity contribution in [1.29, 1.82) is 0 Å². The number of piperidine rings is 1. The summed E-state index contributed by atoms with van der Waals surface area (Å²) in [6.45, 7) is 8.09. The van der Waals surface area contributed by atoms with Crippen LogP contribution in [0, 0.1) is 11.8 Å². The van der Waals surface area contributed by atoms with Crippen LogP contribution in [0.3, 0.4) is 0 Å². The first-order chi connectivity index (χ1) is 13.2. The quantitative estimate of drug-likeness (QED) is 0.794. The smallest absolute Gasteiger partial charge is 0.312 e. The standard InChI is InChI=1S/C21H24F3N3O/c1-13(2)9-26-10-14-5-16(12-26)19-6-15(7-20(28)27(19)11-14)18-4-3-17(8-25-18)21(22,23)24/h3-4,6-8,13-14,16H,5,9-12H2,1-2H3/t14-,16+/m0/s1. The summed E-state index contributed by atoms with van der Waals surface area (Å²) >= 11 is 0. The molecule has 0 spiro atoms. The molecule has 4 heterocycles. The van der Waals surface area contributed by atoms with E-state index in [1.54, 1.807) is 0 Å². The lowest BCUT2D eigenvalue weighted by Gasteiger charge is -2.43. The second-order valence-corrected chi connectivity index (χ2v) is 8.46. The van der Waals surface area contributed by atoms with Gasteiger partial charge in [-0.1, -0.05) is 13.8 Å². The zero-order valence-corrected chi connectivity index (χ0v) is 16.0. The van der Waals surface area contributed by atoms with Gasteiger partial charge in [0.25, 0.3) is 5.56 Å². The molecule has 0 amide bonds. The van der Waals surface area contributed by atoms with Crippen LogP contribution in [0.1, 0.15) is 37.4 Å². The van der Waals surface area contributed by atoms with Gasteiger partial charge in [0.05, 0.1) is 11.3 Å². The minimum atomic E-state index is -4.42. The summed E-state index contributed by atoms with van der Waals surface area (Å²) < 4.78 is 40.2. The van der Waals surface area contributed by atoms with Crippen LogP contribution in [0.5, 0.6) is 0 Å². The summed E-state index contributed by atoms with van der Waals surface area (Å²) in [7, 11) is 0. The van der Waals surface area contributed by atoms with Gasteiger partial charge < -0.3 is 9.47 Å². The molecule has 2 aliphatic heterocycles. The Labute approximate surface area is 162 Å². The molecular formula is C21H24F3N3O. The second kappa shape index (κ2) is 7.03. The largest absolute Gasteiger partial charge is 0.417 e. The first-order valence-corrected chi connectivity index (χ1v) is 9.71. The Morgan fingerprint density at radius 2 is 1.96 bits per heavy atom. The van der Waals surface area contributed by atoms with Gasteiger partial charge in [-0.3, -0.25) is 9.78 Å². The fourth-order valence-corrected chi connectivity index (χ4v) is 4.60. The van der Waals surface area contributed by atoms with Crippen molar-refractivity contribution in [3.05, 3.63) is 52.1 Å². The molecule has 1 fully saturated rings. The predicted molar refractivity (Wildman–Crippen MR) is 101 cm³/mol. The summed E-state index contributed by atoms with van der Waals surface area (Å²) in [5.41, 5.74) is 1.08. The number of hydrogen-bond acceptors (Lipinski definition) is 3. The summed E-state index contributed by atoms with van der Waals surface area (Å²) in [4.78, 5) is 19.1. The molecule has 0 radical (unpaired) electrons. The van der Waals surface area contributed by atoms with E-state index >= 15 is 0 Å². The third kappa shape index (κ3) is 3.72.